The normalized spacial score (nSPS) is 17.2. The van der Waals surface area contributed by atoms with Gasteiger partial charge in [0.1, 0.15) is 0 Å². The van der Waals surface area contributed by atoms with Gasteiger partial charge < -0.3 is 0 Å². The number of halogens is 6. The first-order valence-corrected chi connectivity index (χ1v) is 4.06. The van der Waals surface area contributed by atoms with Crippen LogP contribution >= 0.6 is 0 Å². The molecule has 13 heavy (non-hydrogen) atoms. The lowest BCUT2D eigenvalue weighted by atomic mass is 10.4. The number of hydrogen-bond acceptors (Lipinski definition) is 2. The zero-order valence-corrected chi connectivity index (χ0v) is 6.46. The fourth-order valence-corrected chi connectivity index (χ4v) is 0.757. The molecule has 3 nitrogen and oxygen atoms in total. The lowest BCUT2D eigenvalue weighted by Gasteiger charge is -2.20. The number of sulfonamides is 1. The lowest BCUT2D eigenvalue weighted by Crippen LogP contribution is -2.49. The van der Waals surface area contributed by atoms with Gasteiger partial charge in [-0.3, -0.25) is 0 Å². The molecular formula is C3H3F6NO2S. The third-order valence-corrected chi connectivity index (χ3v) is 1.93. The van der Waals surface area contributed by atoms with Crippen LogP contribution in [0.3, 0.4) is 0 Å². The van der Waals surface area contributed by atoms with Crippen LogP contribution < -0.4 is 5.14 Å². The van der Waals surface area contributed by atoms with Crippen LogP contribution in [0.5, 0.6) is 0 Å². The highest BCUT2D eigenvalue weighted by Gasteiger charge is 2.63. The summed E-state index contributed by atoms with van der Waals surface area (Å²) in [4.78, 5) is 0. The topological polar surface area (TPSA) is 60.2 Å². The maximum Gasteiger partial charge on any atom is 0.426 e. The summed E-state index contributed by atoms with van der Waals surface area (Å²) in [5.41, 5.74) is 0. The molecule has 0 aromatic carbocycles. The Labute approximate surface area is 68.6 Å². The third-order valence-electron chi connectivity index (χ3n) is 0.962. The minimum Gasteiger partial charge on any atom is -0.229 e. The van der Waals surface area contributed by atoms with Crippen molar-refractivity contribution in [1.29, 1.82) is 0 Å². The van der Waals surface area contributed by atoms with Gasteiger partial charge in [-0.1, -0.05) is 0 Å². The maximum atomic E-state index is 12.0. The largest absolute Gasteiger partial charge is 0.426 e. The molecule has 0 aromatic rings. The maximum absolute atomic E-state index is 12.0. The Balaban J connectivity index is 5.09. The first kappa shape index (κ1) is 12.5. The van der Waals surface area contributed by atoms with Crippen molar-refractivity contribution < 1.29 is 34.8 Å². The van der Waals surface area contributed by atoms with Crippen molar-refractivity contribution in [2.75, 3.05) is 0 Å². The van der Waals surface area contributed by atoms with E-state index in [0.29, 0.717) is 0 Å². The molecule has 0 amide bonds. The molecule has 10 heteroatoms. The van der Waals surface area contributed by atoms with Gasteiger partial charge in [0.25, 0.3) is 16.2 Å². The Kier molecular flexibility index (Phi) is 2.89. The van der Waals surface area contributed by atoms with Crippen molar-refractivity contribution in [2.24, 2.45) is 5.14 Å². The van der Waals surface area contributed by atoms with E-state index in [4.69, 9.17) is 0 Å². The summed E-state index contributed by atoms with van der Waals surface area (Å²) < 4.78 is 89.4. The molecule has 0 rings (SSSR count). The molecule has 0 saturated heterocycles. The van der Waals surface area contributed by atoms with E-state index in [1.165, 1.54) is 0 Å². The Bertz CT molecular complexity index is 281. The van der Waals surface area contributed by atoms with E-state index in [1.807, 2.05) is 0 Å². The first-order chi connectivity index (χ1) is 5.40. The zero-order valence-electron chi connectivity index (χ0n) is 5.65. The van der Waals surface area contributed by atoms with E-state index in [-0.39, 0.29) is 0 Å². The van der Waals surface area contributed by atoms with Crippen LogP contribution in [0.25, 0.3) is 0 Å². The summed E-state index contributed by atoms with van der Waals surface area (Å²) in [5, 5.41) is -1.97. The smallest absolute Gasteiger partial charge is 0.229 e. The second-order valence-electron chi connectivity index (χ2n) is 2.01. The highest BCUT2D eigenvalue weighted by molar-refractivity contribution is 7.90. The van der Waals surface area contributed by atoms with Gasteiger partial charge in [0.2, 0.25) is 0 Å². The summed E-state index contributed by atoms with van der Waals surface area (Å²) in [6.45, 7) is 0. The van der Waals surface area contributed by atoms with Crippen molar-refractivity contribution in [1.82, 2.24) is 0 Å². The van der Waals surface area contributed by atoms with Gasteiger partial charge in [-0.2, -0.15) is 22.0 Å². The van der Waals surface area contributed by atoms with Crippen LogP contribution in [0, 0.1) is 0 Å². The van der Waals surface area contributed by atoms with Crippen molar-refractivity contribution >= 4 is 10.0 Å². The van der Waals surface area contributed by atoms with Crippen LogP contribution in [0.4, 0.5) is 26.3 Å². The highest BCUT2D eigenvalue weighted by Crippen LogP contribution is 2.37. The molecule has 0 aliphatic heterocycles. The molecule has 0 heterocycles. The fourth-order valence-electron chi connectivity index (χ4n) is 0.335. The molecule has 2 N–H and O–H groups in total. The molecule has 0 fully saturated rings. The predicted molar refractivity (Wildman–Crippen MR) is 29.0 cm³/mol. The van der Waals surface area contributed by atoms with Crippen LogP contribution in [0.15, 0.2) is 0 Å². The zero-order chi connectivity index (χ0) is 11.1. The van der Waals surface area contributed by atoms with Crippen molar-refractivity contribution in [2.45, 2.75) is 17.6 Å². The predicted octanol–water partition coefficient (Wildman–Crippen LogP) is 0.768. The third kappa shape index (κ3) is 2.46. The lowest BCUT2D eigenvalue weighted by molar-refractivity contribution is -0.221. The van der Waals surface area contributed by atoms with E-state index >= 15 is 0 Å². The Morgan fingerprint density at radius 1 is 1.08 bits per heavy atom. The fraction of sp³-hybridized carbons (Fsp3) is 1.00. The molecule has 0 aliphatic rings. The average Bonchev–Trinajstić information content (AvgIpc) is 1.81. The number of alkyl halides is 6. The molecule has 80 valence electrons. The van der Waals surface area contributed by atoms with E-state index in [0.717, 1.165) is 0 Å². The Morgan fingerprint density at radius 2 is 1.38 bits per heavy atom. The van der Waals surface area contributed by atoms with Gasteiger partial charge >= 0.3 is 11.4 Å². The molecule has 1 unspecified atom stereocenters. The molecule has 0 saturated carbocycles. The SMILES string of the molecule is NS(=O)(=O)C(F)(F)C(F)C(F)(F)F. The Hall–Kier alpha value is -0.510. The first-order valence-electron chi connectivity index (χ1n) is 2.51. The number of primary sulfonamides is 1. The van der Waals surface area contributed by atoms with Crippen molar-refractivity contribution in [3.05, 3.63) is 0 Å². The molecular weight excluding hydrogens is 228 g/mol. The molecule has 0 bridgehead atoms. The second kappa shape index (κ2) is 3.01. The van der Waals surface area contributed by atoms with Crippen molar-refractivity contribution in [3.63, 3.8) is 0 Å². The van der Waals surface area contributed by atoms with Gasteiger partial charge in [-0.25, -0.2) is 17.9 Å². The molecule has 0 radical (unpaired) electrons. The summed E-state index contributed by atoms with van der Waals surface area (Å²) in [5.74, 6) is 0. The van der Waals surface area contributed by atoms with Gasteiger partial charge in [0.05, 0.1) is 0 Å². The molecule has 1 atom stereocenters. The molecule has 0 aliphatic carbocycles. The van der Waals surface area contributed by atoms with Gasteiger partial charge in [-0.05, 0) is 0 Å². The summed E-state index contributed by atoms with van der Waals surface area (Å²) in [6.07, 6.45) is -10.8. The van der Waals surface area contributed by atoms with Gasteiger partial charge in [-0.15, -0.1) is 0 Å². The van der Waals surface area contributed by atoms with E-state index in [1.54, 1.807) is 0 Å². The summed E-state index contributed by atoms with van der Waals surface area (Å²) in [7, 11) is -5.91. The van der Waals surface area contributed by atoms with Crippen LogP contribution in [0.2, 0.25) is 0 Å². The van der Waals surface area contributed by atoms with Gasteiger partial charge in [0, 0.05) is 0 Å². The number of hydrogen-bond donors (Lipinski definition) is 1. The molecule has 0 aromatic heterocycles. The number of nitrogens with two attached hydrogens (primary N) is 1. The minimum atomic E-state index is -5.98. The van der Waals surface area contributed by atoms with Crippen LogP contribution in [-0.2, 0) is 10.0 Å². The monoisotopic (exact) mass is 231 g/mol. The second-order valence-corrected chi connectivity index (χ2v) is 3.65. The van der Waals surface area contributed by atoms with Crippen LogP contribution in [0.1, 0.15) is 0 Å². The summed E-state index contributed by atoms with van der Waals surface area (Å²) in [6, 6.07) is 0. The number of rotatable bonds is 2. The van der Waals surface area contributed by atoms with E-state index < -0.39 is 27.6 Å². The molecule has 0 spiro atoms. The standard InChI is InChI=1S/C3H3F6NO2S/c4-1(2(5,6)7)3(8,9)13(10,11)12/h1H,(H2,10,11,12). The average molecular weight is 231 g/mol. The van der Waals surface area contributed by atoms with Crippen LogP contribution in [-0.4, -0.2) is 26.0 Å². The Morgan fingerprint density at radius 3 is 1.46 bits per heavy atom. The highest BCUT2D eigenvalue weighted by atomic mass is 32.2. The minimum absolute atomic E-state index is 3.69. The quantitative estimate of drug-likeness (QED) is 0.713. The van der Waals surface area contributed by atoms with E-state index in [2.05, 4.69) is 5.14 Å². The van der Waals surface area contributed by atoms with Crippen molar-refractivity contribution in [3.8, 4) is 0 Å². The summed E-state index contributed by atoms with van der Waals surface area (Å²) >= 11 is 0. The van der Waals surface area contributed by atoms with Gasteiger partial charge in [0.15, 0.2) is 0 Å². The van der Waals surface area contributed by atoms with E-state index in [9.17, 15) is 34.8 Å².